The van der Waals surface area contributed by atoms with E-state index >= 15 is 0 Å². The molecule has 1 aliphatic heterocycles. The zero-order chi connectivity index (χ0) is 17.2. The number of fused-ring (bicyclic) bond motifs is 2. The number of aromatic nitrogens is 3. The first kappa shape index (κ1) is 14.6. The van der Waals surface area contributed by atoms with Gasteiger partial charge in [-0.1, -0.05) is 0 Å². The lowest BCUT2D eigenvalue weighted by atomic mass is 10.2. The summed E-state index contributed by atoms with van der Waals surface area (Å²) in [5.74, 6) is -8.25. The van der Waals surface area contributed by atoms with Crippen LogP contribution in [0.2, 0.25) is 0 Å². The number of carbonyl (C=O) groups excluding carboxylic acids is 1. The number of imidazole rings is 1. The molecule has 1 aromatic carbocycles. The standard InChI is InChI=1S/C15H8F4N4O/c1-22-2-6-4-23(5-7(6)3-22)15(24)14-20-12-10(18)8(16)9(17)11(19)13(12)21-14/h2-4H,5H2,1H3/p+1. The topological polar surface area (TPSA) is 53.7 Å². The lowest BCUT2D eigenvalue weighted by molar-refractivity contribution is -0.436. The van der Waals surface area contributed by atoms with Crippen LogP contribution in [0, 0.1) is 23.3 Å². The van der Waals surface area contributed by atoms with E-state index in [4.69, 9.17) is 0 Å². The van der Waals surface area contributed by atoms with Crippen molar-refractivity contribution in [2.24, 2.45) is 7.05 Å². The van der Waals surface area contributed by atoms with Gasteiger partial charge in [0.1, 0.15) is 11.0 Å². The maximum atomic E-state index is 13.7. The largest absolute Gasteiger partial charge is 0.455 e. The number of nitrogens with one attached hydrogen (secondary N) is 1. The summed E-state index contributed by atoms with van der Waals surface area (Å²) >= 11 is 0. The van der Waals surface area contributed by atoms with Crippen molar-refractivity contribution in [2.75, 3.05) is 0 Å². The zero-order valence-electron chi connectivity index (χ0n) is 12.2. The second-order valence-corrected chi connectivity index (χ2v) is 5.53. The average molecular weight is 337 g/mol. The number of benzene rings is 1. The lowest BCUT2D eigenvalue weighted by Gasteiger charge is -1.97. The first-order valence-corrected chi connectivity index (χ1v) is 6.89. The molecule has 2 aromatic heterocycles. The van der Waals surface area contributed by atoms with Crippen LogP contribution in [-0.4, -0.2) is 31.2 Å². The Morgan fingerprint density at radius 1 is 1.17 bits per heavy atom. The minimum absolute atomic E-state index is 0.264. The SMILES string of the molecule is Cn1cc2c(c1)C[N+](C(=O)c1nc3c(F)c(F)c(F)c(F)c3[nH]1)=C2. The number of amides is 1. The van der Waals surface area contributed by atoms with Crippen LogP contribution in [0.3, 0.4) is 0 Å². The summed E-state index contributed by atoms with van der Waals surface area (Å²) in [6.07, 6.45) is 5.21. The summed E-state index contributed by atoms with van der Waals surface area (Å²) in [6.45, 7) is 0.264. The Labute approximate surface area is 131 Å². The summed E-state index contributed by atoms with van der Waals surface area (Å²) in [6, 6.07) is 0. The number of nitrogens with zero attached hydrogens (tertiary/aromatic N) is 3. The quantitative estimate of drug-likeness (QED) is 0.320. The summed E-state index contributed by atoms with van der Waals surface area (Å²) in [5, 5.41) is 0. The summed E-state index contributed by atoms with van der Waals surface area (Å²) in [7, 11) is 1.84. The van der Waals surface area contributed by atoms with Gasteiger partial charge in [-0.3, -0.25) is 0 Å². The maximum Gasteiger partial charge on any atom is 0.455 e. The Bertz CT molecular complexity index is 1020. The molecule has 0 bridgehead atoms. The smallest absolute Gasteiger partial charge is 0.356 e. The van der Waals surface area contributed by atoms with Gasteiger partial charge in [-0.2, -0.15) is 4.58 Å². The molecule has 0 aliphatic carbocycles. The van der Waals surface area contributed by atoms with Crippen molar-refractivity contribution < 1.29 is 26.9 Å². The third-order valence-electron chi connectivity index (χ3n) is 3.88. The Kier molecular flexibility index (Phi) is 2.90. The van der Waals surface area contributed by atoms with Crippen molar-refractivity contribution in [3.05, 3.63) is 52.6 Å². The third kappa shape index (κ3) is 1.90. The fourth-order valence-corrected chi connectivity index (χ4v) is 2.77. The molecule has 0 saturated heterocycles. The number of H-pyrrole nitrogens is 1. The molecule has 0 fully saturated rings. The number of hydrogen-bond acceptors (Lipinski definition) is 2. The van der Waals surface area contributed by atoms with Crippen molar-refractivity contribution in [2.45, 2.75) is 6.54 Å². The number of halogens is 4. The molecular formula is C15H9F4N4O+. The highest BCUT2D eigenvalue weighted by atomic mass is 19.2. The van der Waals surface area contributed by atoms with E-state index in [-0.39, 0.29) is 6.54 Å². The lowest BCUT2D eigenvalue weighted by Crippen LogP contribution is -2.19. The van der Waals surface area contributed by atoms with Crippen LogP contribution < -0.4 is 0 Å². The fraction of sp³-hybridized carbons (Fsp3) is 0.133. The number of aryl methyl sites for hydroxylation is 1. The van der Waals surface area contributed by atoms with E-state index in [0.717, 1.165) is 11.1 Å². The molecule has 24 heavy (non-hydrogen) atoms. The van der Waals surface area contributed by atoms with E-state index in [1.807, 2.05) is 24.0 Å². The Hall–Kier alpha value is -2.97. The van der Waals surface area contributed by atoms with E-state index in [1.54, 1.807) is 6.21 Å². The molecule has 0 saturated carbocycles. The van der Waals surface area contributed by atoms with Crippen LogP contribution in [0.15, 0.2) is 12.4 Å². The van der Waals surface area contributed by atoms with E-state index < -0.39 is 46.0 Å². The fourth-order valence-electron chi connectivity index (χ4n) is 2.77. The van der Waals surface area contributed by atoms with Crippen LogP contribution in [0.25, 0.3) is 11.0 Å². The maximum absolute atomic E-state index is 13.7. The molecule has 4 rings (SSSR count). The van der Waals surface area contributed by atoms with Crippen LogP contribution in [-0.2, 0) is 13.6 Å². The highest BCUT2D eigenvalue weighted by molar-refractivity contribution is 5.94. The van der Waals surface area contributed by atoms with Gasteiger partial charge < -0.3 is 9.55 Å². The molecule has 0 unspecified atom stereocenters. The van der Waals surface area contributed by atoms with Gasteiger partial charge in [-0.05, 0) is 0 Å². The van der Waals surface area contributed by atoms with Gasteiger partial charge in [0.2, 0.25) is 5.82 Å². The molecular weight excluding hydrogens is 328 g/mol. The molecule has 1 aliphatic rings. The van der Waals surface area contributed by atoms with Crippen molar-refractivity contribution >= 4 is 23.2 Å². The van der Waals surface area contributed by atoms with Gasteiger partial charge in [0.15, 0.2) is 36.0 Å². The highest BCUT2D eigenvalue weighted by Gasteiger charge is 2.32. The van der Waals surface area contributed by atoms with Crippen LogP contribution in [0.4, 0.5) is 17.6 Å². The summed E-state index contributed by atoms with van der Waals surface area (Å²) in [5.41, 5.74) is 0.285. The Balaban J connectivity index is 1.79. The van der Waals surface area contributed by atoms with Gasteiger partial charge in [0, 0.05) is 25.0 Å². The third-order valence-corrected chi connectivity index (χ3v) is 3.88. The first-order chi connectivity index (χ1) is 11.4. The van der Waals surface area contributed by atoms with Gasteiger partial charge in [0.05, 0.1) is 5.56 Å². The molecule has 5 nitrogen and oxygen atoms in total. The van der Waals surface area contributed by atoms with Crippen LogP contribution in [0.5, 0.6) is 0 Å². The second-order valence-electron chi connectivity index (χ2n) is 5.53. The Morgan fingerprint density at radius 3 is 2.58 bits per heavy atom. The predicted octanol–water partition coefficient (Wildman–Crippen LogP) is 2.24. The number of aromatic amines is 1. The van der Waals surface area contributed by atoms with E-state index in [9.17, 15) is 22.4 Å². The molecule has 3 aromatic rings. The van der Waals surface area contributed by atoms with Crippen molar-refractivity contribution in [3.63, 3.8) is 0 Å². The monoisotopic (exact) mass is 337 g/mol. The van der Waals surface area contributed by atoms with E-state index in [0.29, 0.717) is 0 Å². The molecule has 0 spiro atoms. The molecule has 0 atom stereocenters. The van der Waals surface area contributed by atoms with E-state index in [2.05, 4.69) is 9.97 Å². The second kappa shape index (κ2) is 4.76. The van der Waals surface area contributed by atoms with E-state index in [1.165, 1.54) is 4.58 Å². The summed E-state index contributed by atoms with van der Waals surface area (Å²) in [4.78, 5) is 18.2. The average Bonchev–Trinajstić information content (AvgIpc) is 3.22. The van der Waals surface area contributed by atoms with Crippen LogP contribution in [0.1, 0.15) is 21.7 Å². The summed E-state index contributed by atoms with van der Waals surface area (Å²) < 4.78 is 57.1. The highest BCUT2D eigenvalue weighted by Crippen LogP contribution is 2.25. The minimum atomic E-state index is -1.97. The van der Waals surface area contributed by atoms with Crippen molar-refractivity contribution in [1.82, 2.24) is 14.5 Å². The minimum Gasteiger partial charge on any atom is -0.356 e. The predicted molar refractivity (Wildman–Crippen MR) is 74.8 cm³/mol. The van der Waals surface area contributed by atoms with Crippen molar-refractivity contribution in [3.8, 4) is 0 Å². The van der Waals surface area contributed by atoms with Gasteiger partial charge in [-0.15, -0.1) is 0 Å². The van der Waals surface area contributed by atoms with Gasteiger partial charge in [0.25, 0.3) is 0 Å². The normalized spacial score (nSPS) is 13.5. The molecule has 1 N–H and O–H groups in total. The molecule has 3 heterocycles. The van der Waals surface area contributed by atoms with Gasteiger partial charge >= 0.3 is 5.91 Å². The number of rotatable bonds is 1. The molecule has 122 valence electrons. The number of hydrogen-bond donors (Lipinski definition) is 1. The Morgan fingerprint density at radius 2 is 1.88 bits per heavy atom. The molecule has 0 radical (unpaired) electrons. The molecule has 9 heteroatoms. The van der Waals surface area contributed by atoms with Gasteiger partial charge in [-0.25, -0.2) is 27.3 Å². The number of carbonyl (C=O) groups is 1. The zero-order valence-corrected chi connectivity index (χ0v) is 12.2. The molecule has 1 amide bonds. The van der Waals surface area contributed by atoms with Crippen LogP contribution >= 0.6 is 0 Å². The van der Waals surface area contributed by atoms with Crippen molar-refractivity contribution in [1.29, 1.82) is 0 Å². The first-order valence-electron chi connectivity index (χ1n) is 6.89.